The zero-order valence-electron chi connectivity index (χ0n) is 7.54. The van der Waals surface area contributed by atoms with Gasteiger partial charge in [0.2, 0.25) is 0 Å². The molecule has 0 N–H and O–H groups in total. The van der Waals surface area contributed by atoms with Gasteiger partial charge in [-0.3, -0.25) is 0 Å². The highest BCUT2D eigenvalue weighted by Gasteiger charge is 2.20. The fourth-order valence-corrected chi connectivity index (χ4v) is 1.74. The molecule has 14 heavy (non-hydrogen) atoms. The number of halogens is 1. The third kappa shape index (κ3) is 1.24. The predicted octanol–water partition coefficient (Wildman–Crippen LogP) is 2.21. The van der Waals surface area contributed by atoms with Crippen molar-refractivity contribution in [2.24, 2.45) is 0 Å². The van der Waals surface area contributed by atoms with Gasteiger partial charge in [0, 0.05) is 12.5 Å². The first-order valence-corrected chi connectivity index (χ1v) is 4.48. The van der Waals surface area contributed by atoms with Gasteiger partial charge in [-0.1, -0.05) is 17.7 Å². The summed E-state index contributed by atoms with van der Waals surface area (Å²) in [5.74, 6) is 0.616. The number of allylic oxidation sites excluding steroid dienone is 2. The Bertz CT molecular complexity index is 460. The molecule has 0 spiro atoms. The van der Waals surface area contributed by atoms with Crippen molar-refractivity contribution in [3.8, 4) is 11.8 Å². The van der Waals surface area contributed by atoms with Gasteiger partial charge >= 0.3 is 0 Å². The largest absolute Gasteiger partial charge is 0.496 e. The van der Waals surface area contributed by atoms with Crippen LogP contribution in [0.1, 0.15) is 11.3 Å². The maximum absolute atomic E-state index is 8.87. The van der Waals surface area contributed by atoms with Crippen LogP contribution in [-0.4, -0.2) is 12.1 Å². The smallest absolute Gasteiger partial charge is 0.133 e. The Hall–Kier alpha value is -1.53. The van der Waals surface area contributed by atoms with Gasteiger partial charge in [0.25, 0.3) is 0 Å². The van der Waals surface area contributed by atoms with Gasteiger partial charge < -0.3 is 4.74 Å². The molecule has 1 aromatic rings. The molecule has 0 saturated carbocycles. The van der Waals surface area contributed by atoms with Crippen molar-refractivity contribution >= 4 is 17.2 Å². The van der Waals surface area contributed by atoms with E-state index in [4.69, 9.17) is 21.6 Å². The van der Waals surface area contributed by atoms with Crippen LogP contribution in [0.2, 0.25) is 5.15 Å². The number of hydrogen-bond donors (Lipinski definition) is 0. The van der Waals surface area contributed by atoms with Crippen LogP contribution in [0, 0.1) is 11.3 Å². The minimum absolute atomic E-state index is 0.396. The molecular formula is C10H7ClN2O. The molecule has 0 saturated heterocycles. The highest BCUT2D eigenvalue weighted by Crippen LogP contribution is 2.35. The van der Waals surface area contributed by atoms with Crippen LogP contribution < -0.4 is 4.74 Å². The van der Waals surface area contributed by atoms with E-state index >= 15 is 0 Å². The van der Waals surface area contributed by atoms with Crippen molar-refractivity contribution in [2.75, 3.05) is 7.11 Å². The van der Waals surface area contributed by atoms with Gasteiger partial charge in [0.1, 0.15) is 10.9 Å². The second-order valence-electron chi connectivity index (χ2n) is 2.90. The first kappa shape index (κ1) is 9.04. The summed E-state index contributed by atoms with van der Waals surface area (Å²) in [5.41, 5.74) is 2.20. The van der Waals surface area contributed by atoms with Crippen LogP contribution in [-0.2, 0) is 6.42 Å². The molecule has 4 heteroatoms. The van der Waals surface area contributed by atoms with E-state index < -0.39 is 0 Å². The standard InChI is InChI=1S/C10H7ClN2O/c1-14-8-4-9(11)13-7-3-2-6(5-12)10(7)8/h2,4H,3H2,1H3. The fourth-order valence-electron chi connectivity index (χ4n) is 1.54. The molecule has 0 aliphatic heterocycles. The van der Waals surface area contributed by atoms with Crippen LogP contribution in [0.4, 0.5) is 0 Å². The van der Waals surface area contributed by atoms with Crippen LogP contribution >= 0.6 is 11.6 Å². The maximum atomic E-state index is 8.87. The number of aromatic nitrogens is 1. The monoisotopic (exact) mass is 206 g/mol. The van der Waals surface area contributed by atoms with E-state index in [2.05, 4.69) is 11.1 Å². The fraction of sp³-hybridized carbons (Fsp3) is 0.200. The highest BCUT2D eigenvalue weighted by molar-refractivity contribution is 6.29. The Kier molecular flexibility index (Phi) is 2.14. The summed E-state index contributed by atoms with van der Waals surface area (Å²) in [4.78, 5) is 4.14. The second-order valence-corrected chi connectivity index (χ2v) is 3.29. The third-order valence-corrected chi connectivity index (χ3v) is 2.33. The molecule has 0 atom stereocenters. The maximum Gasteiger partial charge on any atom is 0.133 e. The lowest BCUT2D eigenvalue weighted by atomic mass is 10.1. The van der Waals surface area contributed by atoms with E-state index in [1.54, 1.807) is 13.2 Å². The number of methoxy groups -OCH3 is 1. The number of pyridine rings is 1. The Morgan fingerprint density at radius 3 is 3.07 bits per heavy atom. The lowest BCUT2D eigenvalue weighted by molar-refractivity contribution is 0.412. The van der Waals surface area contributed by atoms with E-state index in [1.807, 2.05) is 6.08 Å². The first-order chi connectivity index (χ1) is 6.76. The Labute approximate surface area is 86.6 Å². The Morgan fingerprint density at radius 1 is 1.64 bits per heavy atom. The number of rotatable bonds is 1. The van der Waals surface area contributed by atoms with Crippen molar-refractivity contribution in [3.05, 3.63) is 28.6 Å². The average molecular weight is 207 g/mol. The molecule has 0 fully saturated rings. The molecule has 1 heterocycles. The van der Waals surface area contributed by atoms with Crippen LogP contribution in [0.5, 0.6) is 5.75 Å². The van der Waals surface area contributed by atoms with Gasteiger partial charge in [-0.15, -0.1) is 0 Å². The van der Waals surface area contributed by atoms with Crippen molar-refractivity contribution < 1.29 is 4.74 Å². The lowest BCUT2D eigenvalue weighted by Crippen LogP contribution is -1.95. The molecular weight excluding hydrogens is 200 g/mol. The molecule has 1 aliphatic carbocycles. The van der Waals surface area contributed by atoms with Gasteiger partial charge in [0.05, 0.1) is 30.0 Å². The summed E-state index contributed by atoms with van der Waals surface area (Å²) in [7, 11) is 1.55. The van der Waals surface area contributed by atoms with Gasteiger partial charge in [0.15, 0.2) is 0 Å². The van der Waals surface area contributed by atoms with Crippen molar-refractivity contribution in [1.29, 1.82) is 5.26 Å². The number of ether oxygens (including phenoxy) is 1. The predicted molar refractivity (Wildman–Crippen MR) is 53.1 cm³/mol. The zero-order valence-corrected chi connectivity index (χ0v) is 8.30. The molecule has 0 radical (unpaired) electrons. The Balaban J connectivity index is 2.64. The van der Waals surface area contributed by atoms with Gasteiger partial charge in [-0.05, 0) is 0 Å². The minimum atomic E-state index is 0.396. The molecule has 0 aromatic carbocycles. The molecule has 2 rings (SSSR count). The van der Waals surface area contributed by atoms with Crippen molar-refractivity contribution in [1.82, 2.24) is 4.98 Å². The van der Waals surface area contributed by atoms with E-state index in [1.165, 1.54) is 0 Å². The van der Waals surface area contributed by atoms with E-state index in [9.17, 15) is 0 Å². The number of fused-ring (bicyclic) bond motifs is 1. The van der Waals surface area contributed by atoms with E-state index in [0.717, 1.165) is 11.3 Å². The molecule has 1 aliphatic rings. The summed E-state index contributed by atoms with van der Waals surface area (Å²) in [5, 5.41) is 9.26. The SMILES string of the molecule is COc1cc(Cl)nc2c1C(C#N)=CC2. The average Bonchev–Trinajstić information content (AvgIpc) is 2.59. The molecule has 0 bridgehead atoms. The summed E-state index contributed by atoms with van der Waals surface area (Å²) in [6.45, 7) is 0. The van der Waals surface area contributed by atoms with Crippen molar-refractivity contribution in [3.63, 3.8) is 0 Å². The van der Waals surface area contributed by atoms with E-state index in [-0.39, 0.29) is 0 Å². The summed E-state index contributed by atoms with van der Waals surface area (Å²) in [6, 6.07) is 3.73. The van der Waals surface area contributed by atoms with Gasteiger partial charge in [-0.25, -0.2) is 4.98 Å². The van der Waals surface area contributed by atoms with E-state index in [0.29, 0.717) is 22.9 Å². The highest BCUT2D eigenvalue weighted by atomic mass is 35.5. The van der Waals surface area contributed by atoms with Crippen molar-refractivity contribution in [2.45, 2.75) is 6.42 Å². The number of hydrogen-bond acceptors (Lipinski definition) is 3. The van der Waals surface area contributed by atoms with Crippen LogP contribution in [0.3, 0.4) is 0 Å². The Morgan fingerprint density at radius 2 is 2.43 bits per heavy atom. The van der Waals surface area contributed by atoms with Crippen LogP contribution in [0.15, 0.2) is 12.1 Å². The number of nitrogens with zero attached hydrogens (tertiary/aromatic N) is 2. The lowest BCUT2D eigenvalue weighted by Gasteiger charge is -2.07. The molecule has 1 aromatic heterocycles. The zero-order chi connectivity index (χ0) is 10.1. The molecule has 70 valence electrons. The summed E-state index contributed by atoms with van der Waals surface area (Å²) < 4.78 is 5.15. The third-order valence-electron chi connectivity index (χ3n) is 2.14. The first-order valence-electron chi connectivity index (χ1n) is 4.10. The minimum Gasteiger partial charge on any atom is -0.496 e. The van der Waals surface area contributed by atoms with Gasteiger partial charge in [-0.2, -0.15) is 5.26 Å². The quantitative estimate of drug-likeness (QED) is 0.662. The summed E-state index contributed by atoms with van der Waals surface area (Å²) >= 11 is 5.80. The number of nitriles is 1. The molecule has 3 nitrogen and oxygen atoms in total. The normalized spacial score (nSPS) is 13.1. The molecule has 0 unspecified atom stereocenters. The molecule has 0 amide bonds. The second kappa shape index (κ2) is 3.32. The topological polar surface area (TPSA) is 45.9 Å². The summed E-state index contributed by atoms with van der Waals surface area (Å²) in [6.07, 6.45) is 2.48. The van der Waals surface area contributed by atoms with Crippen LogP contribution in [0.25, 0.3) is 5.57 Å².